The van der Waals surface area contributed by atoms with Gasteiger partial charge in [-0.15, -0.1) is 11.3 Å². The second-order valence-corrected chi connectivity index (χ2v) is 4.07. The Bertz CT molecular complexity index is 304. The van der Waals surface area contributed by atoms with Gasteiger partial charge in [-0.2, -0.15) is 4.39 Å². The van der Waals surface area contributed by atoms with E-state index in [-0.39, 0.29) is 5.13 Å². The Hall–Kier alpha value is -0.900. The molecule has 66 valence electrons. The molecule has 0 atom stereocenters. The molecule has 0 aliphatic carbocycles. The van der Waals surface area contributed by atoms with Gasteiger partial charge in [-0.3, -0.25) is 4.79 Å². The molecule has 0 bridgehead atoms. The Balaban J connectivity index is 3.05. The lowest BCUT2D eigenvalue weighted by Crippen LogP contribution is -2.27. The van der Waals surface area contributed by atoms with E-state index in [1.54, 1.807) is 13.8 Å². The number of aliphatic carboxylic acids is 1. The van der Waals surface area contributed by atoms with E-state index in [1.165, 1.54) is 12.1 Å². The van der Waals surface area contributed by atoms with Crippen molar-refractivity contribution in [3.8, 4) is 0 Å². The molecule has 0 unspecified atom stereocenters. The molecule has 0 spiro atoms. The summed E-state index contributed by atoms with van der Waals surface area (Å²) >= 11 is 0.876. The molecule has 0 radical (unpaired) electrons. The molecule has 0 saturated carbocycles. The van der Waals surface area contributed by atoms with Gasteiger partial charge in [0, 0.05) is 4.88 Å². The van der Waals surface area contributed by atoms with E-state index in [0.29, 0.717) is 4.88 Å². The molecule has 1 aromatic rings. The first kappa shape index (κ1) is 9.19. The highest BCUT2D eigenvalue weighted by Gasteiger charge is 2.30. The molecule has 2 nitrogen and oxygen atoms in total. The topological polar surface area (TPSA) is 37.3 Å². The summed E-state index contributed by atoms with van der Waals surface area (Å²) in [6.07, 6.45) is 0. The maximum absolute atomic E-state index is 12.5. The lowest BCUT2D eigenvalue weighted by atomic mass is 9.92. The molecule has 0 aliphatic rings. The van der Waals surface area contributed by atoms with Crippen LogP contribution in [0, 0.1) is 5.13 Å². The van der Waals surface area contributed by atoms with E-state index in [0.717, 1.165) is 11.3 Å². The average molecular weight is 188 g/mol. The summed E-state index contributed by atoms with van der Waals surface area (Å²) in [6, 6.07) is 2.79. The predicted molar refractivity (Wildman–Crippen MR) is 44.9 cm³/mol. The van der Waals surface area contributed by atoms with Crippen molar-refractivity contribution < 1.29 is 14.3 Å². The molecule has 12 heavy (non-hydrogen) atoms. The number of rotatable bonds is 2. The Morgan fingerprint density at radius 2 is 2.17 bits per heavy atom. The normalized spacial score (nSPS) is 11.6. The van der Waals surface area contributed by atoms with Crippen molar-refractivity contribution >= 4 is 17.3 Å². The third-order valence-electron chi connectivity index (χ3n) is 1.72. The second kappa shape index (κ2) is 2.86. The van der Waals surface area contributed by atoms with Crippen LogP contribution in [-0.4, -0.2) is 11.1 Å². The minimum Gasteiger partial charge on any atom is -0.481 e. The Morgan fingerprint density at radius 1 is 1.58 bits per heavy atom. The van der Waals surface area contributed by atoms with Gasteiger partial charge in [0.25, 0.3) is 0 Å². The standard InChI is InChI=1S/C8H9FO2S/c1-8(2,7(10)11)5-3-4-6(9)12-5/h3-4H,1-2H3,(H,10,11). The first-order valence-corrected chi connectivity index (χ1v) is 4.25. The highest BCUT2D eigenvalue weighted by molar-refractivity contribution is 7.10. The van der Waals surface area contributed by atoms with E-state index in [9.17, 15) is 9.18 Å². The molecule has 0 amide bonds. The Labute approximate surface area is 73.7 Å². The molecule has 4 heteroatoms. The molecular formula is C8H9FO2S. The molecule has 1 aromatic heterocycles. The van der Waals surface area contributed by atoms with Crippen molar-refractivity contribution in [1.29, 1.82) is 0 Å². The summed E-state index contributed by atoms with van der Waals surface area (Å²) in [5.41, 5.74) is -0.991. The Morgan fingerprint density at radius 3 is 2.50 bits per heavy atom. The molecule has 0 aromatic carbocycles. The summed E-state index contributed by atoms with van der Waals surface area (Å²) in [5.74, 6) is -0.940. The number of hydrogen-bond acceptors (Lipinski definition) is 2. The van der Waals surface area contributed by atoms with Gasteiger partial charge in [0.05, 0.1) is 5.41 Å². The van der Waals surface area contributed by atoms with Crippen molar-refractivity contribution in [3.63, 3.8) is 0 Å². The fraction of sp³-hybridized carbons (Fsp3) is 0.375. The zero-order valence-corrected chi connectivity index (χ0v) is 7.61. The SMILES string of the molecule is CC(C)(C(=O)O)c1ccc(F)s1. The minimum atomic E-state index is -0.991. The zero-order chi connectivity index (χ0) is 9.35. The number of halogens is 1. The summed E-state index contributed by atoms with van der Waals surface area (Å²) < 4.78 is 12.5. The van der Waals surface area contributed by atoms with Crippen molar-refractivity contribution in [1.82, 2.24) is 0 Å². The molecular weight excluding hydrogens is 179 g/mol. The number of carbonyl (C=O) groups is 1. The number of hydrogen-bond donors (Lipinski definition) is 1. The molecule has 1 heterocycles. The van der Waals surface area contributed by atoms with Crippen LogP contribution < -0.4 is 0 Å². The number of thiophene rings is 1. The maximum Gasteiger partial charge on any atom is 0.314 e. The molecule has 1 N–H and O–H groups in total. The van der Waals surface area contributed by atoms with Gasteiger partial charge in [-0.05, 0) is 26.0 Å². The summed E-state index contributed by atoms with van der Waals surface area (Å²) in [4.78, 5) is 11.2. The van der Waals surface area contributed by atoms with Gasteiger partial charge in [-0.25, -0.2) is 0 Å². The highest BCUT2D eigenvalue weighted by atomic mass is 32.1. The van der Waals surface area contributed by atoms with Gasteiger partial charge >= 0.3 is 5.97 Å². The first-order valence-electron chi connectivity index (χ1n) is 3.44. The third-order valence-corrected chi connectivity index (χ3v) is 2.92. The van der Waals surface area contributed by atoms with Gasteiger partial charge in [-0.1, -0.05) is 0 Å². The average Bonchev–Trinajstić information content (AvgIpc) is 2.35. The monoisotopic (exact) mass is 188 g/mol. The summed E-state index contributed by atoms with van der Waals surface area (Å²) in [5, 5.41) is 8.44. The third kappa shape index (κ3) is 1.48. The van der Waals surface area contributed by atoms with Crippen molar-refractivity contribution in [2.45, 2.75) is 19.3 Å². The molecule has 0 aliphatic heterocycles. The van der Waals surface area contributed by atoms with Gasteiger partial charge < -0.3 is 5.11 Å². The smallest absolute Gasteiger partial charge is 0.314 e. The second-order valence-electron chi connectivity index (χ2n) is 3.03. The van der Waals surface area contributed by atoms with Crippen molar-refractivity contribution in [3.05, 3.63) is 22.1 Å². The zero-order valence-electron chi connectivity index (χ0n) is 6.80. The van der Waals surface area contributed by atoms with Gasteiger partial charge in [0.1, 0.15) is 0 Å². The van der Waals surface area contributed by atoms with Crippen LogP contribution in [-0.2, 0) is 10.2 Å². The van der Waals surface area contributed by atoms with Crippen LogP contribution in [0.2, 0.25) is 0 Å². The van der Waals surface area contributed by atoms with E-state index < -0.39 is 11.4 Å². The van der Waals surface area contributed by atoms with E-state index in [1.807, 2.05) is 0 Å². The predicted octanol–water partition coefficient (Wildman–Crippen LogP) is 2.25. The minimum absolute atomic E-state index is 0.348. The van der Waals surface area contributed by atoms with Gasteiger partial charge in [0.15, 0.2) is 5.13 Å². The molecule has 0 fully saturated rings. The fourth-order valence-electron chi connectivity index (χ4n) is 0.756. The quantitative estimate of drug-likeness (QED) is 0.772. The first-order chi connectivity index (χ1) is 5.44. The lowest BCUT2D eigenvalue weighted by Gasteiger charge is -2.16. The van der Waals surface area contributed by atoms with E-state index in [2.05, 4.69) is 0 Å². The van der Waals surface area contributed by atoms with E-state index in [4.69, 9.17) is 5.11 Å². The maximum atomic E-state index is 12.5. The summed E-state index contributed by atoms with van der Waals surface area (Å²) in [6.45, 7) is 3.11. The van der Waals surface area contributed by atoms with Crippen LogP contribution in [0.3, 0.4) is 0 Å². The fourth-order valence-corrected chi connectivity index (χ4v) is 1.58. The number of carboxylic acid groups (broad SMARTS) is 1. The molecule has 1 rings (SSSR count). The van der Waals surface area contributed by atoms with Crippen LogP contribution >= 0.6 is 11.3 Å². The molecule has 0 saturated heterocycles. The van der Waals surface area contributed by atoms with Gasteiger partial charge in [0.2, 0.25) is 0 Å². The largest absolute Gasteiger partial charge is 0.481 e. The number of carboxylic acids is 1. The van der Waals surface area contributed by atoms with Crippen LogP contribution in [0.1, 0.15) is 18.7 Å². The van der Waals surface area contributed by atoms with E-state index >= 15 is 0 Å². The van der Waals surface area contributed by atoms with Crippen LogP contribution in [0.25, 0.3) is 0 Å². The van der Waals surface area contributed by atoms with Crippen LogP contribution in [0.5, 0.6) is 0 Å². The van der Waals surface area contributed by atoms with Crippen molar-refractivity contribution in [2.24, 2.45) is 0 Å². The Kier molecular flexibility index (Phi) is 2.19. The highest BCUT2D eigenvalue weighted by Crippen LogP contribution is 2.29. The van der Waals surface area contributed by atoms with Crippen molar-refractivity contribution in [2.75, 3.05) is 0 Å². The lowest BCUT2D eigenvalue weighted by molar-refractivity contribution is -0.142. The van der Waals surface area contributed by atoms with Crippen LogP contribution in [0.15, 0.2) is 12.1 Å². The summed E-state index contributed by atoms with van der Waals surface area (Å²) in [7, 11) is 0. The van der Waals surface area contributed by atoms with Crippen LogP contribution in [0.4, 0.5) is 4.39 Å².